The second kappa shape index (κ2) is 6.14. The standard InChI is InChI=1S/C12H20N2O2S/c1-10-5-4-6-12(11(10)2)9-14-7-8-17(15,16)13-3/h4-6,13-14H,7-9H2,1-3H3. The summed E-state index contributed by atoms with van der Waals surface area (Å²) in [5.74, 6) is 0.106. The van der Waals surface area contributed by atoms with E-state index in [-0.39, 0.29) is 5.75 Å². The first-order chi connectivity index (χ1) is 7.96. The molecule has 96 valence electrons. The zero-order valence-corrected chi connectivity index (χ0v) is 11.4. The molecule has 5 heteroatoms. The highest BCUT2D eigenvalue weighted by atomic mass is 32.2. The van der Waals surface area contributed by atoms with Gasteiger partial charge in [0.15, 0.2) is 0 Å². The molecule has 0 unspecified atom stereocenters. The van der Waals surface area contributed by atoms with Gasteiger partial charge in [0.2, 0.25) is 10.0 Å². The van der Waals surface area contributed by atoms with Gasteiger partial charge in [0.05, 0.1) is 5.75 Å². The van der Waals surface area contributed by atoms with Crippen LogP contribution in [0.5, 0.6) is 0 Å². The molecule has 0 radical (unpaired) electrons. The van der Waals surface area contributed by atoms with Crippen molar-refractivity contribution in [3.05, 3.63) is 34.9 Å². The smallest absolute Gasteiger partial charge is 0.212 e. The van der Waals surface area contributed by atoms with Crippen molar-refractivity contribution in [2.75, 3.05) is 19.3 Å². The number of aryl methyl sites for hydroxylation is 1. The third-order valence-corrected chi connectivity index (χ3v) is 4.25. The van der Waals surface area contributed by atoms with Crippen molar-refractivity contribution in [2.24, 2.45) is 0 Å². The van der Waals surface area contributed by atoms with E-state index in [1.165, 1.54) is 23.7 Å². The molecular formula is C12H20N2O2S. The summed E-state index contributed by atoms with van der Waals surface area (Å²) in [5, 5.41) is 3.14. The Hall–Kier alpha value is -0.910. The number of nitrogens with one attached hydrogen (secondary N) is 2. The van der Waals surface area contributed by atoms with E-state index < -0.39 is 10.0 Å². The lowest BCUT2D eigenvalue weighted by Crippen LogP contribution is -2.29. The normalized spacial score (nSPS) is 11.7. The molecule has 0 aliphatic rings. The first kappa shape index (κ1) is 14.2. The lowest BCUT2D eigenvalue weighted by molar-refractivity contribution is 0.583. The Morgan fingerprint density at radius 1 is 1.24 bits per heavy atom. The highest BCUT2D eigenvalue weighted by molar-refractivity contribution is 7.89. The molecule has 1 aromatic carbocycles. The first-order valence-corrected chi connectivity index (χ1v) is 7.28. The van der Waals surface area contributed by atoms with Gasteiger partial charge in [-0.25, -0.2) is 13.1 Å². The molecule has 0 spiro atoms. The summed E-state index contributed by atoms with van der Waals surface area (Å²) >= 11 is 0. The van der Waals surface area contributed by atoms with Gasteiger partial charge in [-0.05, 0) is 37.6 Å². The van der Waals surface area contributed by atoms with E-state index in [0.717, 1.165) is 0 Å². The van der Waals surface area contributed by atoms with Crippen LogP contribution in [0.4, 0.5) is 0 Å². The van der Waals surface area contributed by atoms with Gasteiger partial charge < -0.3 is 5.32 Å². The van der Waals surface area contributed by atoms with Crippen LogP contribution in [0.25, 0.3) is 0 Å². The third-order valence-electron chi connectivity index (χ3n) is 2.89. The fourth-order valence-electron chi connectivity index (χ4n) is 1.54. The van der Waals surface area contributed by atoms with Gasteiger partial charge in [0.25, 0.3) is 0 Å². The van der Waals surface area contributed by atoms with Crippen molar-refractivity contribution in [1.82, 2.24) is 10.0 Å². The second-order valence-electron chi connectivity index (χ2n) is 4.06. The van der Waals surface area contributed by atoms with E-state index in [1.54, 1.807) is 0 Å². The molecular weight excluding hydrogens is 236 g/mol. The van der Waals surface area contributed by atoms with Gasteiger partial charge in [-0.3, -0.25) is 0 Å². The van der Waals surface area contributed by atoms with E-state index in [0.29, 0.717) is 13.1 Å². The zero-order chi connectivity index (χ0) is 12.9. The fourth-order valence-corrected chi connectivity index (χ4v) is 2.15. The molecule has 1 rings (SSSR count). The predicted octanol–water partition coefficient (Wildman–Crippen LogP) is 0.942. The van der Waals surface area contributed by atoms with Gasteiger partial charge >= 0.3 is 0 Å². The van der Waals surface area contributed by atoms with Crippen LogP contribution in [-0.4, -0.2) is 27.8 Å². The van der Waals surface area contributed by atoms with Gasteiger partial charge in [-0.1, -0.05) is 18.2 Å². The molecule has 2 N–H and O–H groups in total. The van der Waals surface area contributed by atoms with Gasteiger partial charge in [-0.15, -0.1) is 0 Å². The molecule has 0 fully saturated rings. The quantitative estimate of drug-likeness (QED) is 0.745. The Labute approximate surface area is 103 Å². The monoisotopic (exact) mass is 256 g/mol. The third kappa shape index (κ3) is 4.46. The molecule has 0 atom stereocenters. The average molecular weight is 256 g/mol. The molecule has 1 aromatic rings. The van der Waals surface area contributed by atoms with Crippen LogP contribution in [0.15, 0.2) is 18.2 Å². The van der Waals surface area contributed by atoms with Crippen LogP contribution in [0.1, 0.15) is 16.7 Å². The Bertz CT molecular complexity index is 469. The van der Waals surface area contributed by atoms with Crippen molar-refractivity contribution >= 4 is 10.0 Å². The Kier molecular flexibility index (Phi) is 5.11. The minimum atomic E-state index is -3.10. The first-order valence-electron chi connectivity index (χ1n) is 5.63. The van der Waals surface area contributed by atoms with Crippen LogP contribution < -0.4 is 10.0 Å². The Balaban J connectivity index is 2.44. The van der Waals surface area contributed by atoms with Crippen molar-refractivity contribution in [2.45, 2.75) is 20.4 Å². The van der Waals surface area contributed by atoms with Gasteiger partial charge in [0.1, 0.15) is 0 Å². The van der Waals surface area contributed by atoms with Crippen molar-refractivity contribution in [3.8, 4) is 0 Å². The molecule has 17 heavy (non-hydrogen) atoms. The average Bonchev–Trinajstić information content (AvgIpc) is 2.30. The van der Waals surface area contributed by atoms with E-state index in [2.05, 4.69) is 36.0 Å². The maximum Gasteiger partial charge on any atom is 0.212 e. The lowest BCUT2D eigenvalue weighted by Gasteiger charge is -2.09. The summed E-state index contributed by atoms with van der Waals surface area (Å²) in [6, 6.07) is 6.15. The molecule has 0 aliphatic carbocycles. The number of hydrogen-bond acceptors (Lipinski definition) is 3. The predicted molar refractivity (Wildman–Crippen MR) is 70.5 cm³/mol. The molecule has 0 amide bonds. The lowest BCUT2D eigenvalue weighted by atomic mass is 10.0. The summed E-state index contributed by atoms with van der Waals surface area (Å²) in [5.41, 5.74) is 3.73. The highest BCUT2D eigenvalue weighted by Gasteiger charge is 2.06. The summed E-state index contributed by atoms with van der Waals surface area (Å²) in [4.78, 5) is 0. The van der Waals surface area contributed by atoms with Gasteiger partial charge in [0, 0.05) is 13.1 Å². The van der Waals surface area contributed by atoms with Gasteiger partial charge in [-0.2, -0.15) is 0 Å². The van der Waals surface area contributed by atoms with E-state index in [1.807, 2.05) is 6.07 Å². The minimum Gasteiger partial charge on any atom is -0.312 e. The molecule has 0 aromatic heterocycles. The number of rotatable bonds is 6. The highest BCUT2D eigenvalue weighted by Crippen LogP contribution is 2.11. The Morgan fingerprint density at radius 2 is 1.94 bits per heavy atom. The summed E-state index contributed by atoms with van der Waals surface area (Å²) in [6.07, 6.45) is 0. The molecule has 4 nitrogen and oxygen atoms in total. The fraction of sp³-hybridized carbons (Fsp3) is 0.500. The number of hydrogen-bond donors (Lipinski definition) is 2. The zero-order valence-electron chi connectivity index (χ0n) is 10.6. The summed E-state index contributed by atoms with van der Waals surface area (Å²) in [6.45, 7) is 5.31. The maximum atomic E-state index is 11.2. The molecule has 0 heterocycles. The van der Waals surface area contributed by atoms with Crippen molar-refractivity contribution in [3.63, 3.8) is 0 Å². The molecule has 0 aliphatic heterocycles. The second-order valence-corrected chi connectivity index (χ2v) is 6.10. The number of benzene rings is 1. The SMILES string of the molecule is CNS(=O)(=O)CCNCc1cccc(C)c1C. The summed E-state index contributed by atoms with van der Waals surface area (Å²) in [7, 11) is -1.67. The van der Waals surface area contributed by atoms with Crippen LogP contribution in [-0.2, 0) is 16.6 Å². The van der Waals surface area contributed by atoms with E-state index in [4.69, 9.17) is 0 Å². The molecule has 0 saturated heterocycles. The minimum absolute atomic E-state index is 0.106. The van der Waals surface area contributed by atoms with Crippen LogP contribution in [0.3, 0.4) is 0 Å². The van der Waals surface area contributed by atoms with E-state index in [9.17, 15) is 8.42 Å². The largest absolute Gasteiger partial charge is 0.312 e. The van der Waals surface area contributed by atoms with Crippen molar-refractivity contribution < 1.29 is 8.42 Å². The van der Waals surface area contributed by atoms with Crippen LogP contribution in [0.2, 0.25) is 0 Å². The van der Waals surface area contributed by atoms with Crippen molar-refractivity contribution in [1.29, 1.82) is 0 Å². The molecule has 0 bridgehead atoms. The Morgan fingerprint density at radius 3 is 2.59 bits per heavy atom. The van der Waals surface area contributed by atoms with E-state index >= 15 is 0 Å². The van der Waals surface area contributed by atoms with Crippen LogP contribution in [0, 0.1) is 13.8 Å². The molecule has 0 saturated carbocycles. The number of sulfonamides is 1. The van der Waals surface area contributed by atoms with Crippen LogP contribution >= 0.6 is 0 Å². The summed E-state index contributed by atoms with van der Waals surface area (Å²) < 4.78 is 24.7. The topological polar surface area (TPSA) is 58.2 Å². The maximum absolute atomic E-state index is 11.2.